The topological polar surface area (TPSA) is 59.4 Å². The highest BCUT2D eigenvalue weighted by Gasteiger charge is 2.24. The van der Waals surface area contributed by atoms with Crippen molar-refractivity contribution in [3.63, 3.8) is 0 Å². The van der Waals surface area contributed by atoms with Gasteiger partial charge in [-0.25, -0.2) is 0 Å². The quantitative estimate of drug-likeness (QED) is 0.769. The van der Waals surface area contributed by atoms with E-state index in [4.69, 9.17) is 5.41 Å². The van der Waals surface area contributed by atoms with E-state index in [1.807, 2.05) is 37.4 Å². The van der Waals surface area contributed by atoms with Crippen LogP contribution in [0.3, 0.4) is 0 Å². The van der Waals surface area contributed by atoms with Gasteiger partial charge >= 0.3 is 0 Å². The number of hydrogen-bond donors (Lipinski definition) is 3. The highest BCUT2D eigenvalue weighted by molar-refractivity contribution is 8.03. The number of phenols is 1. The lowest BCUT2D eigenvalue weighted by atomic mass is 10.1. The molecule has 0 aromatic heterocycles. The molecule has 0 bridgehead atoms. The maximum atomic E-state index is 9.63. The average molecular weight is 349 g/mol. The first-order valence-corrected chi connectivity index (χ1v) is 8.96. The van der Waals surface area contributed by atoms with Gasteiger partial charge in [0.25, 0.3) is 0 Å². The molecule has 0 radical (unpaired) electrons. The predicted molar refractivity (Wildman–Crippen MR) is 105 cm³/mol. The fourth-order valence-corrected chi connectivity index (χ4v) is 4.19. The highest BCUT2D eigenvalue weighted by Crippen LogP contribution is 2.43. The molecule has 126 valence electrons. The summed E-state index contributed by atoms with van der Waals surface area (Å²) in [5, 5.41) is 21.0. The number of nitrogens with one attached hydrogen (secondary N) is 2. The fourth-order valence-electron chi connectivity index (χ4n) is 3.06. The molecule has 0 saturated heterocycles. The minimum Gasteiger partial charge on any atom is -0.508 e. The lowest BCUT2D eigenvalue weighted by molar-refractivity contribution is 0.474. The number of nitrogens with zero attached hydrogens (tertiary/aromatic N) is 1. The van der Waals surface area contributed by atoms with Crippen LogP contribution in [0.4, 0.5) is 11.4 Å². The van der Waals surface area contributed by atoms with Gasteiger partial charge in [-0.1, -0.05) is 30.0 Å². The van der Waals surface area contributed by atoms with Crippen LogP contribution >= 0.6 is 11.8 Å². The number of phenolic OH excluding ortho intramolecular Hbond substituents is 1. The van der Waals surface area contributed by atoms with Gasteiger partial charge in [-0.2, -0.15) is 0 Å². The Bertz CT molecular complexity index is 904. The SMILES string of the molecule is CN(Cc1cccc(O)c1)c1ccc2c(c1)SC1=CC(=N)C=CC1N2. The molecule has 25 heavy (non-hydrogen) atoms. The van der Waals surface area contributed by atoms with Crippen molar-refractivity contribution < 1.29 is 5.11 Å². The Balaban J connectivity index is 1.57. The molecule has 1 heterocycles. The maximum Gasteiger partial charge on any atom is 0.115 e. The van der Waals surface area contributed by atoms with Crippen molar-refractivity contribution in [1.82, 2.24) is 0 Å². The first-order chi connectivity index (χ1) is 12.1. The molecule has 1 atom stereocenters. The molecule has 1 aliphatic heterocycles. The van der Waals surface area contributed by atoms with Crippen LogP contribution in [0.25, 0.3) is 0 Å². The Morgan fingerprint density at radius 1 is 1.24 bits per heavy atom. The van der Waals surface area contributed by atoms with Crippen LogP contribution in [0.15, 0.2) is 70.5 Å². The Labute approximate surface area is 151 Å². The summed E-state index contributed by atoms with van der Waals surface area (Å²) in [6.45, 7) is 0.726. The molecule has 4 nitrogen and oxygen atoms in total. The summed E-state index contributed by atoms with van der Waals surface area (Å²) in [5.74, 6) is 0.293. The third-order valence-electron chi connectivity index (χ3n) is 4.35. The van der Waals surface area contributed by atoms with Crippen molar-refractivity contribution in [2.45, 2.75) is 17.5 Å². The molecule has 2 aromatic rings. The summed E-state index contributed by atoms with van der Waals surface area (Å²) in [7, 11) is 2.05. The number of rotatable bonds is 3. The number of allylic oxidation sites excluding steroid dienone is 2. The number of hydrogen-bond acceptors (Lipinski definition) is 5. The lowest BCUT2D eigenvalue weighted by Crippen LogP contribution is -2.25. The monoisotopic (exact) mass is 349 g/mol. The summed E-state index contributed by atoms with van der Waals surface area (Å²) in [6.07, 6.45) is 5.80. The summed E-state index contributed by atoms with van der Waals surface area (Å²) >= 11 is 1.72. The number of aromatic hydroxyl groups is 1. The smallest absolute Gasteiger partial charge is 0.115 e. The Hall–Kier alpha value is -2.66. The van der Waals surface area contributed by atoms with Gasteiger partial charge in [0.15, 0.2) is 0 Å². The molecule has 0 saturated carbocycles. The van der Waals surface area contributed by atoms with Crippen molar-refractivity contribution in [3.8, 4) is 5.75 Å². The minimum atomic E-state index is 0.169. The van der Waals surface area contributed by atoms with Crippen LogP contribution in [0, 0.1) is 5.41 Å². The van der Waals surface area contributed by atoms with Crippen molar-refractivity contribution in [2.75, 3.05) is 17.3 Å². The van der Waals surface area contributed by atoms with E-state index in [-0.39, 0.29) is 6.04 Å². The second-order valence-corrected chi connectivity index (χ2v) is 7.41. The molecular formula is C20H19N3OS. The van der Waals surface area contributed by atoms with Crippen LogP contribution < -0.4 is 10.2 Å². The molecule has 5 heteroatoms. The summed E-state index contributed by atoms with van der Waals surface area (Å²) in [5.41, 5.74) is 3.86. The molecular weight excluding hydrogens is 330 g/mol. The summed E-state index contributed by atoms with van der Waals surface area (Å²) in [6, 6.07) is 13.9. The van der Waals surface area contributed by atoms with Crippen LogP contribution in [0.5, 0.6) is 5.75 Å². The third kappa shape index (κ3) is 3.28. The van der Waals surface area contributed by atoms with Crippen molar-refractivity contribution >= 4 is 28.8 Å². The van der Waals surface area contributed by atoms with Gasteiger partial charge in [0.2, 0.25) is 0 Å². The van der Waals surface area contributed by atoms with Crippen LogP contribution in [-0.4, -0.2) is 23.9 Å². The number of thioether (sulfide) groups is 1. The van der Waals surface area contributed by atoms with E-state index in [1.165, 1.54) is 4.90 Å². The van der Waals surface area contributed by atoms with Crippen LogP contribution in [-0.2, 0) is 6.54 Å². The van der Waals surface area contributed by atoms with Gasteiger partial charge in [0.1, 0.15) is 5.75 Å². The van der Waals surface area contributed by atoms with Gasteiger partial charge in [-0.15, -0.1) is 0 Å². The zero-order valence-corrected chi connectivity index (χ0v) is 14.7. The third-order valence-corrected chi connectivity index (χ3v) is 5.51. The molecule has 2 aliphatic rings. The zero-order chi connectivity index (χ0) is 17.4. The predicted octanol–water partition coefficient (Wildman–Crippen LogP) is 4.39. The van der Waals surface area contributed by atoms with Crippen molar-refractivity contribution in [3.05, 3.63) is 71.2 Å². The summed E-state index contributed by atoms with van der Waals surface area (Å²) < 4.78 is 0. The molecule has 1 aliphatic carbocycles. The summed E-state index contributed by atoms with van der Waals surface area (Å²) in [4.78, 5) is 4.50. The highest BCUT2D eigenvalue weighted by atomic mass is 32.2. The van der Waals surface area contributed by atoms with Gasteiger partial charge in [0, 0.05) is 34.8 Å². The molecule has 2 aromatic carbocycles. The van der Waals surface area contributed by atoms with Crippen LogP contribution in [0.2, 0.25) is 0 Å². The van der Waals surface area contributed by atoms with E-state index in [2.05, 4.69) is 28.4 Å². The Kier molecular flexibility index (Phi) is 4.01. The lowest BCUT2D eigenvalue weighted by Gasteiger charge is -2.30. The average Bonchev–Trinajstić information content (AvgIpc) is 2.59. The van der Waals surface area contributed by atoms with Gasteiger partial charge < -0.3 is 20.7 Å². The Morgan fingerprint density at radius 2 is 2.12 bits per heavy atom. The first-order valence-electron chi connectivity index (χ1n) is 8.14. The molecule has 4 rings (SSSR count). The largest absolute Gasteiger partial charge is 0.508 e. The molecule has 0 spiro atoms. The Morgan fingerprint density at radius 3 is 2.96 bits per heavy atom. The minimum absolute atomic E-state index is 0.169. The van der Waals surface area contributed by atoms with E-state index >= 15 is 0 Å². The van der Waals surface area contributed by atoms with Gasteiger partial charge in [0.05, 0.1) is 11.8 Å². The van der Waals surface area contributed by atoms with E-state index < -0.39 is 0 Å². The maximum absolute atomic E-state index is 9.63. The second kappa shape index (κ2) is 6.33. The molecule has 0 fully saturated rings. The molecule has 0 amide bonds. The zero-order valence-electron chi connectivity index (χ0n) is 13.9. The van der Waals surface area contributed by atoms with E-state index in [0.717, 1.165) is 28.4 Å². The normalized spacial score (nSPS) is 18.0. The molecule has 3 N–H and O–H groups in total. The van der Waals surface area contributed by atoms with E-state index in [1.54, 1.807) is 23.9 Å². The number of fused-ring (bicyclic) bond motifs is 2. The standard InChI is InChI=1S/C20H19N3OS/c1-23(12-13-3-2-4-16(24)9-13)15-6-8-18-20(11-15)25-19-10-14(21)5-7-17(19)22-18/h2-11,17,21-22,24H,12H2,1H3. The van der Waals surface area contributed by atoms with E-state index in [0.29, 0.717) is 11.5 Å². The first kappa shape index (κ1) is 15.8. The second-order valence-electron chi connectivity index (χ2n) is 6.29. The fraction of sp³-hybridized carbons (Fsp3) is 0.150. The van der Waals surface area contributed by atoms with Crippen molar-refractivity contribution in [2.24, 2.45) is 0 Å². The van der Waals surface area contributed by atoms with Crippen LogP contribution in [0.1, 0.15) is 5.56 Å². The number of anilines is 2. The number of benzene rings is 2. The molecule has 1 unspecified atom stereocenters. The van der Waals surface area contributed by atoms with E-state index in [9.17, 15) is 5.11 Å². The van der Waals surface area contributed by atoms with Gasteiger partial charge in [-0.3, -0.25) is 0 Å². The van der Waals surface area contributed by atoms with Gasteiger partial charge in [-0.05, 0) is 48.0 Å². The van der Waals surface area contributed by atoms with Crippen molar-refractivity contribution in [1.29, 1.82) is 5.41 Å².